The third kappa shape index (κ3) is 4.53. The summed E-state index contributed by atoms with van der Waals surface area (Å²) in [6.07, 6.45) is 2.27. The average molecular weight is 423 g/mol. The fourth-order valence-electron chi connectivity index (χ4n) is 3.58. The van der Waals surface area contributed by atoms with E-state index in [1.807, 2.05) is 24.3 Å². The summed E-state index contributed by atoms with van der Waals surface area (Å²) >= 11 is 0. The van der Waals surface area contributed by atoms with E-state index in [2.05, 4.69) is 15.1 Å². The van der Waals surface area contributed by atoms with Gasteiger partial charge in [0.15, 0.2) is 12.3 Å². The van der Waals surface area contributed by atoms with Gasteiger partial charge in [-0.1, -0.05) is 18.2 Å². The number of nitrogens with zero attached hydrogens (tertiary/aromatic N) is 5. The summed E-state index contributed by atoms with van der Waals surface area (Å²) < 4.78 is 7.07. The number of rotatable bonds is 7. The van der Waals surface area contributed by atoms with Crippen LogP contribution < -0.4 is 4.74 Å². The molecular weight excluding hydrogens is 402 g/mol. The lowest BCUT2D eigenvalue weighted by atomic mass is 10.2. The maximum absolute atomic E-state index is 12.1. The monoisotopic (exact) mass is 423 g/mol. The zero-order chi connectivity index (χ0) is 21.8. The van der Waals surface area contributed by atoms with Gasteiger partial charge in [0.1, 0.15) is 5.75 Å². The van der Waals surface area contributed by atoms with Crippen LogP contribution in [0.15, 0.2) is 58.8 Å². The van der Waals surface area contributed by atoms with Crippen molar-refractivity contribution < 1.29 is 19.6 Å². The Hall–Kier alpha value is -3.79. The van der Waals surface area contributed by atoms with Crippen molar-refractivity contribution in [1.29, 1.82) is 0 Å². The summed E-state index contributed by atoms with van der Waals surface area (Å²) in [5.74, 6) is -0.380. The smallest absolute Gasteiger partial charge is 0.302 e. The quantitative estimate of drug-likeness (QED) is 0.348. The van der Waals surface area contributed by atoms with Crippen molar-refractivity contribution in [2.45, 2.75) is 19.5 Å². The zero-order valence-corrected chi connectivity index (χ0v) is 16.7. The molecule has 2 heterocycles. The highest BCUT2D eigenvalue weighted by atomic mass is 16.6. The SMILES string of the molecule is O=C(COc1ccc([N+](=O)[O-])cc1)N=Nc1c(O)n(CN2CCCC2)c2ccccc12. The van der Waals surface area contributed by atoms with Gasteiger partial charge in [0.25, 0.3) is 5.69 Å². The number of likely N-dealkylation sites (tertiary alicyclic amines) is 1. The fraction of sp³-hybridized carbons (Fsp3) is 0.286. The molecule has 1 saturated heterocycles. The summed E-state index contributed by atoms with van der Waals surface area (Å²) in [5, 5.41) is 29.8. The Morgan fingerprint density at radius 1 is 1.13 bits per heavy atom. The Morgan fingerprint density at radius 2 is 1.84 bits per heavy atom. The number of ether oxygens (including phenoxy) is 1. The van der Waals surface area contributed by atoms with Crippen LogP contribution in [0, 0.1) is 10.1 Å². The predicted octanol–water partition coefficient (Wildman–Crippen LogP) is 4.00. The lowest BCUT2D eigenvalue weighted by molar-refractivity contribution is -0.384. The van der Waals surface area contributed by atoms with E-state index >= 15 is 0 Å². The van der Waals surface area contributed by atoms with E-state index in [9.17, 15) is 20.0 Å². The van der Waals surface area contributed by atoms with Crippen LogP contribution >= 0.6 is 0 Å². The molecule has 0 radical (unpaired) electrons. The molecule has 4 rings (SSSR count). The first-order valence-electron chi connectivity index (χ1n) is 9.87. The summed E-state index contributed by atoms with van der Waals surface area (Å²) in [5.41, 5.74) is 0.980. The van der Waals surface area contributed by atoms with Gasteiger partial charge in [0.2, 0.25) is 5.88 Å². The van der Waals surface area contributed by atoms with Crippen LogP contribution in [0.1, 0.15) is 12.8 Å². The van der Waals surface area contributed by atoms with Crippen molar-refractivity contribution in [1.82, 2.24) is 9.47 Å². The number of benzene rings is 2. The number of non-ortho nitro benzene ring substituents is 1. The molecule has 1 aromatic heterocycles. The van der Waals surface area contributed by atoms with Gasteiger partial charge in [-0.05, 0) is 44.1 Å². The Balaban J connectivity index is 1.47. The third-order valence-corrected chi connectivity index (χ3v) is 5.13. The van der Waals surface area contributed by atoms with Crippen molar-refractivity contribution in [2.24, 2.45) is 10.2 Å². The first-order valence-corrected chi connectivity index (χ1v) is 9.87. The molecule has 160 valence electrons. The van der Waals surface area contributed by atoms with E-state index in [-0.39, 0.29) is 23.9 Å². The van der Waals surface area contributed by atoms with E-state index in [1.54, 1.807) is 4.57 Å². The topological polar surface area (TPSA) is 123 Å². The predicted molar refractivity (Wildman–Crippen MR) is 113 cm³/mol. The maximum atomic E-state index is 12.1. The minimum absolute atomic E-state index is 0.0408. The number of hydrogen-bond acceptors (Lipinski definition) is 7. The summed E-state index contributed by atoms with van der Waals surface area (Å²) in [6.45, 7) is 2.11. The molecule has 31 heavy (non-hydrogen) atoms. The van der Waals surface area contributed by atoms with Gasteiger partial charge in [0, 0.05) is 17.5 Å². The fourth-order valence-corrected chi connectivity index (χ4v) is 3.58. The minimum Gasteiger partial charge on any atom is -0.493 e. The maximum Gasteiger partial charge on any atom is 0.302 e. The number of amides is 1. The van der Waals surface area contributed by atoms with Gasteiger partial charge in [0.05, 0.1) is 17.1 Å². The van der Waals surface area contributed by atoms with E-state index in [4.69, 9.17) is 4.74 Å². The number of aromatic nitrogens is 1. The van der Waals surface area contributed by atoms with Crippen LogP contribution in [0.5, 0.6) is 11.6 Å². The molecule has 0 saturated carbocycles. The van der Waals surface area contributed by atoms with Crippen molar-refractivity contribution in [3.63, 3.8) is 0 Å². The standard InChI is InChI=1S/C21H21N5O5/c27-19(13-31-16-9-7-15(8-10-16)26(29)30)22-23-20-17-5-1-2-6-18(17)25(21(20)28)14-24-11-3-4-12-24/h1-2,5-10,28H,3-4,11-14H2. The van der Waals surface area contributed by atoms with Gasteiger partial charge in [-0.2, -0.15) is 0 Å². The molecule has 1 amide bonds. The minimum atomic E-state index is -0.644. The van der Waals surface area contributed by atoms with Crippen molar-refractivity contribution in [3.05, 3.63) is 58.6 Å². The van der Waals surface area contributed by atoms with Gasteiger partial charge < -0.3 is 9.84 Å². The number of hydrogen-bond donors (Lipinski definition) is 1. The number of nitro benzene ring substituents is 1. The molecule has 3 aromatic rings. The first-order chi connectivity index (χ1) is 15.0. The summed E-state index contributed by atoms with van der Waals surface area (Å²) in [7, 11) is 0. The average Bonchev–Trinajstić information content (AvgIpc) is 3.38. The second-order valence-corrected chi connectivity index (χ2v) is 7.22. The normalized spacial score (nSPS) is 14.5. The molecule has 2 aromatic carbocycles. The van der Waals surface area contributed by atoms with Gasteiger partial charge >= 0.3 is 5.91 Å². The number of aromatic hydroxyl groups is 1. The zero-order valence-electron chi connectivity index (χ0n) is 16.7. The van der Waals surface area contributed by atoms with Crippen LogP contribution in [-0.4, -0.2) is 45.1 Å². The first kappa shape index (κ1) is 20.5. The number of carbonyl (C=O) groups is 1. The second kappa shape index (κ2) is 8.92. The Labute approximate surface area is 177 Å². The third-order valence-electron chi connectivity index (χ3n) is 5.13. The van der Waals surface area contributed by atoms with E-state index in [0.717, 1.165) is 31.4 Å². The van der Waals surface area contributed by atoms with Crippen LogP contribution in [-0.2, 0) is 11.5 Å². The van der Waals surface area contributed by atoms with E-state index < -0.39 is 10.8 Å². The van der Waals surface area contributed by atoms with Crippen molar-refractivity contribution >= 4 is 28.2 Å². The lowest BCUT2D eigenvalue weighted by Gasteiger charge is -2.17. The number of fused-ring (bicyclic) bond motifs is 1. The molecule has 10 nitrogen and oxygen atoms in total. The molecule has 10 heteroatoms. The Bertz CT molecular complexity index is 1130. The molecule has 0 aliphatic carbocycles. The number of azo groups is 1. The molecule has 0 bridgehead atoms. The van der Waals surface area contributed by atoms with E-state index in [0.29, 0.717) is 17.8 Å². The molecular formula is C21H21N5O5. The number of carbonyl (C=O) groups excluding carboxylic acids is 1. The lowest BCUT2D eigenvalue weighted by Crippen LogP contribution is -2.22. The second-order valence-electron chi connectivity index (χ2n) is 7.22. The van der Waals surface area contributed by atoms with Crippen molar-refractivity contribution in [3.8, 4) is 11.6 Å². The molecule has 0 unspecified atom stereocenters. The van der Waals surface area contributed by atoms with E-state index in [1.165, 1.54) is 24.3 Å². The summed E-state index contributed by atoms with van der Waals surface area (Å²) in [6, 6.07) is 12.8. The van der Waals surface area contributed by atoms with Gasteiger partial charge in [-0.25, -0.2) is 0 Å². The van der Waals surface area contributed by atoms with Gasteiger partial charge in [-0.15, -0.1) is 10.2 Å². The number of para-hydroxylation sites is 1. The molecule has 0 spiro atoms. The largest absolute Gasteiger partial charge is 0.493 e. The van der Waals surface area contributed by atoms with Crippen molar-refractivity contribution in [2.75, 3.05) is 19.7 Å². The molecule has 1 fully saturated rings. The highest BCUT2D eigenvalue weighted by Crippen LogP contribution is 2.39. The number of nitro groups is 1. The molecule has 1 aliphatic rings. The highest BCUT2D eigenvalue weighted by molar-refractivity contribution is 5.95. The highest BCUT2D eigenvalue weighted by Gasteiger charge is 2.20. The van der Waals surface area contributed by atoms with Gasteiger partial charge in [-0.3, -0.25) is 24.4 Å². The van der Waals surface area contributed by atoms with Crippen LogP contribution in [0.4, 0.5) is 11.4 Å². The van der Waals surface area contributed by atoms with Crippen LogP contribution in [0.2, 0.25) is 0 Å². The van der Waals surface area contributed by atoms with Crippen LogP contribution in [0.25, 0.3) is 10.9 Å². The summed E-state index contributed by atoms with van der Waals surface area (Å²) in [4.78, 5) is 24.5. The molecule has 0 atom stereocenters. The van der Waals surface area contributed by atoms with Crippen LogP contribution in [0.3, 0.4) is 0 Å². The Morgan fingerprint density at radius 3 is 2.55 bits per heavy atom. The molecule has 1 aliphatic heterocycles. The molecule has 1 N–H and O–H groups in total. The Kier molecular flexibility index (Phi) is 5.89.